The molecule has 0 saturated carbocycles. The number of hydrogen-bond acceptors (Lipinski definition) is 6. The number of para-hydroxylation sites is 1. The van der Waals surface area contributed by atoms with E-state index in [1.807, 2.05) is 6.07 Å². The summed E-state index contributed by atoms with van der Waals surface area (Å²) < 4.78 is 15.2. The maximum atomic E-state index is 12.0. The summed E-state index contributed by atoms with van der Waals surface area (Å²) in [5, 5.41) is 7.61. The SMILES string of the molecule is COc1ccc(NC(=O)COC(=O)[C@H](C)NC(=O)Nc2ccccc2)cc1OC. The van der Waals surface area contributed by atoms with Crippen LogP contribution in [0.4, 0.5) is 16.2 Å². The second kappa shape index (κ2) is 10.5. The van der Waals surface area contributed by atoms with Crippen molar-refractivity contribution in [1.82, 2.24) is 5.32 Å². The van der Waals surface area contributed by atoms with Gasteiger partial charge in [0.1, 0.15) is 6.04 Å². The van der Waals surface area contributed by atoms with Gasteiger partial charge in [-0.2, -0.15) is 0 Å². The van der Waals surface area contributed by atoms with Crippen molar-refractivity contribution in [1.29, 1.82) is 0 Å². The van der Waals surface area contributed by atoms with Crippen molar-refractivity contribution in [2.75, 3.05) is 31.5 Å². The van der Waals surface area contributed by atoms with Crippen molar-refractivity contribution >= 4 is 29.3 Å². The van der Waals surface area contributed by atoms with E-state index in [2.05, 4.69) is 16.0 Å². The topological polar surface area (TPSA) is 115 Å². The first-order valence-corrected chi connectivity index (χ1v) is 8.74. The smallest absolute Gasteiger partial charge is 0.328 e. The van der Waals surface area contributed by atoms with Crippen LogP contribution in [0.1, 0.15) is 6.92 Å². The molecule has 0 heterocycles. The van der Waals surface area contributed by atoms with E-state index < -0.39 is 30.6 Å². The first kappa shape index (κ1) is 21.5. The van der Waals surface area contributed by atoms with E-state index in [1.54, 1.807) is 42.5 Å². The lowest BCUT2D eigenvalue weighted by atomic mass is 10.2. The van der Waals surface area contributed by atoms with Crippen LogP contribution in [-0.4, -0.2) is 44.8 Å². The molecule has 0 aliphatic carbocycles. The van der Waals surface area contributed by atoms with Crippen molar-refractivity contribution in [3.8, 4) is 11.5 Å². The summed E-state index contributed by atoms with van der Waals surface area (Å²) in [5.74, 6) is -0.308. The fourth-order valence-electron chi connectivity index (χ4n) is 2.32. The average molecular weight is 401 g/mol. The van der Waals surface area contributed by atoms with E-state index in [0.717, 1.165) is 0 Å². The molecule has 3 N–H and O–H groups in total. The molecule has 0 spiro atoms. The molecule has 0 unspecified atom stereocenters. The summed E-state index contributed by atoms with van der Waals surface area (Å²) in [6, 6.07) is 12.1. The van der Waals surface area contributed by atoms with Crippen molar-refractivity contribution < 1.29 is 28.6 Å². The second-order valence-corrected chi connectivity index (χ2v) is 5.91. The number of urea groups is 1. The van der Waals surface area contributed by atoms with Crippen LogP contribution in [0.15, 0.2) is 48.5 Å². The van der Waals surface area contributed by atoms with Gasteiger partial charge in [0.05, 0.1) is 14.2 Å². The molecule has 154 valence electrons. The molecule has 2 rings (SSSR count). The molecular weight excluding hydrogens is 378 g/mol. The average Bonchev–Trinajstić information content (AvgIpc) is 2.72. The van der Waals surface area contributed by atoms with Crippen LogP contribution in [0.25, 0.3) is 0 Å². The van der Waals surface area contributed by atoms with Crippen LogP contribution in [0.2, 0.25) is 0 Å². The Morgan fingerprint density at radius 1 is 0.897 bits per heavy atom. The lowest BCUT2D eigenvalue weighted by Crippen LogP contribution is -2.42. The van der Waals surface area contributed by atoms with Crippen LogP contribution in [0.5, 0.6) is 11.5 Å². The Morgan fingerprint density at radius 3 is 2.24 bits per heavy atom. The molecule has 2 aromatic carbocycles. The Bertz CT molecular complexity index is 857. The lowest BCUT2D eigenvalue weighted by molar-refractivity contribution is -0.148. The molecule has 0 bridgehead atoms. The fourth-order valence-corrected chi connectivity index (χ4v) is 2.32. The fraction of sp³-hybridized carbons (Fsp3) is 0.250. The summed E-state index contributed by atoms with van der Waals surface area (Å²) in [4.78, 5) is 35.9. The standard InChI is InChI=1S/C20H23N3O6/c1-13(21-20(26)23-14-7-5-4-6-8-14)19(25)29-12-18(24)22-15-9-10-16(27-2)17(11-15)28-3/h4-11,13H,12H2,1-3H3,(H,22,24)(H2,21,23,26)/t13-/m0/s1. The summed E-state index contributed by atoms with van der Waals surface area (Å²) in [6.07, 6.45) is 0. The quantitative estimate of drug-likeness (QED) is 0.585. The van der Waals surface area contributed by atoms with Gasteiger partial charge in [-0.05, 0) is 31.2 Å². The van der Waals surface area contributed by atoms with E-state index in [0.29, 0.717) is 22.9 Å². The molecule has 0 aromatic heterocycles. The molecule has 0 fully saturated rings. The molecule has 9 nitrogen and oxygen atoms in total. The number of carbonyl (C=O) groups excluding carboxylic acids is 3. The Hall–Kier alpha value is -3.75. The zero-order valence-corrected chi connectivity index (χ0v) is 16.4. The predicted octanol–water partition coefficient (Wildman–Crippen LogP) is 2.40. The second-order valence-electron chi connectivity index (χ2n) is 5.91. The zero-order valence-electron chi connectivity index (χ0n) is 16.4. The highest BCUT2D eigenvalue weighted by Crippen LogP contribution is 2.29. The maximum Gasteiger partial charge on any atom is 0.328 e. The van der Waals surface area contributed by atoms with E-state index in [9.17, 15) is 14.4 Å². The first-order chi connectivity index (χ1) is 13.9. The zero-order chi connectivity index (χ0) is 21.2. The summed E-state index contributed by atoms with van der Waals surface area (Å²) >= 11 is 0. The number of esters is 1. The van der Waals surface area contributed by atoms with E-state index in [-0.39, 0.29) is 0 Å². The molecule has 0 saturated heterocycles. The number of nitrogens with one attached hydrogen (secondary N) is 3. The van der Waals surface area contributed by atoms with Crippen LogP contribution >= 0.6 is 0 Å². The van der Waals surface area contributed by atoms with E-state index >= 15 is 0 Å². The molecule has 1 atom stereocenters. The predicted molar refractivity (Wildman–Crippen MR) is 107 cm³/mol. The van der Waals surface area contributed by atoms with E-state index in [4.69, 9.17) is 14.2 Å². The van der Waals surface area contributed by atoms with Crippen LogP contribution in [0.3, 0.4) is 0 Å². The Labute approximate surface area is 168 Å². The first-order valence-electron chi connectivity index (χ1n) is 8.74. The lowest BCUT2D eigenvalue weighted by Gasteiger charge is -2.14. The Balaban J connectivity index is 1.78. The summed E-state index contributed by atoms with van der Waals surface area (Å²) in [7, 11) is 2.98. The number of methoxy groups -OCH3 is 2. The van der Waals surface area contributed by atoms with Gasteiger partial charge in [-0.25, -0.2) is 9.59 Å². The van der Waals surface area contributed by atoms with Gasteiger partial charge >= 0.3 is 12.0 Å². The van der Waals surface area contributed by atoms with Gasteiger partial charge in [0.25, 0.3) is 5.91 Å². The number of benzene rings is 2. The van der Waals surface area contributed by atoms with Crippen LogP contribution in [-0.2, 0) is 14.3 Å². The number of hydrogen-bond donors (Lipinski definition) is 3. The number of ether oxygens (including phenoxy) is 3. The highest BCUT2D eigenvalue weighted by Gasteiger charge is 2.18. The minimum Gasteiger partial charge on any atom is -0.493 e. The summed E-state index contributed by atoms with van der Waals surface area (Å²) in [5.41, 5.74) is 1.04. The van der Waals surface area contributed by atoms with Gasteiger partial charge in [0, 0.05) is 17.4 Å². The Morgan fingerprint density at radius 2 is 1.59 bits per heavy atom. The van der Waals surface area contributed by atoms with Crippen molar-refractivity contribution in [2.24, 2.45) is 0 Å². The molecule has 0 aliphatic heterocycles. The third kappa shape index (κ3) is 6.73. The van der Waals surface area contributed by atoms with Gasteiger partial charge in [-0.1, -0.05) is 18.2 Å². The minimum absolute atomic E-state index is 0.449. The monoisotopic (exact) mass is 401 g/mol. The van der Waals surface area contributed by atoms with Crippen molar-refractivity contribution in [3.05, 3.63) is 48.5 Å². The number of amides is 3. The third-order valence-electron chi connectivity index (χ3n) is 3.75. The normalized spacial score (nSPS) is 11.0. The van der Waals surface area contributed by atoms with Crippen molar-refractivity contribution in [2.45, 2.75) is 13.0 Å². The third-order valence-corrected chi connectivity index (χ3v) is 3.75. The molecule has 3 amide bonds. The molecule has 29 heavy (non-hydrogen) atoms. The molecule has 2 aromatic rings. The molecule has 0 aliphatic rings. The van der Waals surface area contributed by atoms with Gasteiger partial charge in [0.2, 0.25) is 0 Å². The maximum absolute atomic E-state index is 12.0. The van der Waals surface area contributed by atoms with Gasteiger partial charge in [-0.15, -0.1) is 0 Å². The van der Waals surface area contributed by atoms with Gasteiger partial charge < -0.3 is 30.2 Å². The van der Waals surface area contributed by atoms with Gasteiger partial charge in [0.15, 0.2) is 18.1 Å². The van der Waals surface area contributed by atoms with Crippen molar-refractivity contribution in [3.63, 3.8) is 0 Å². The summed E-state index contributed by atoms with van der Waals surface area (Å²) in [6.45, 7) is 0.957. The highest BCUT2D eigenvalue weighted by atomic mass is 16.5. The number of carbonyl (C=O) groups is 3. The largest absolute Gasteiger partial charge is 0.493 e. The highest BCUT2D eigenvalue weighted by molar-refractivity contribution is 5.95. The molecular formula is C20H23N3O6. The minimum atomic E-state index is -0.937. The van der Waals surface area contributed by atoms with Crippen LogP contribution in [0, 0.1) is 0 Å². The molecule has 0 radical (unpaired) electrons. The number of rotatable bonds is 8. The Kier molecular flexibility index (Phi) is 7.84. The molecule has 9 heteroatoms. The number of anilines is 2. The van der Waals surface area contributed by atoms with Gasteiger partial charge in [-0.3, -0.25) is 4.79 Å². The van der Waals surface area contributed by atoms with Crippen LogP contribution < -0.4 is 25.4 Å². The van der Waals surface area contributed by atoms with E-state index in [1.165, 1.54) is 21.1 Å².